The summed E-state index contributed by atoms with van der Waals surface area (Å²) in [4.78, 5) is 4.49. The number of benzene rings is 2. The number of hydrogen-bond acceptors (Lipinski definition) is 2. The standard InChI is InChI=1S/C20H20N2O/c1-22-18(14-17-7-3-4-8-20(17)22)15-21-13-5-6-16-9-11-19(23-2)12-10-16/h3-12,14-15H,13H2,1-2H3/b6-5+,21-15?. The monoisotopic (exact) mass is 304 g/mol. The Labute approximate surface area is 136 Å². The van der Waals surface area contributed by atoms with Crippen LogP contribution in [-0.4, -0.2) is 24.4 Å². The lowest BCUT2D eigenvalue weighted by Crippen LogP contribution is -1.94. The summed E-state index contributed by atoms with van der Waals surface area (Å²) in [6, 6.07) is 18.5. The van der Waals surface area contributed by atoms with Crippen molar-refractivity contribution in [2.75, 3.05) is 13.7 Å². The quantitative estimate of drug-likeness (QED) is 0.645. The van der Waals surface area contributed by atoms with Gasteiger partial charge in [0.2, 0.25) is 0 Å². The number of para-hydroxylation sites is 1. The first-order chi connectivity index (χ1) is 11.3. The Morgan fingerprint density at radius 2 is 1.87 bits per heavy atom. The van der Waals surface area contributed by atoms with Gasteiger partial charge in [0.25, 0.3) is 0 Å². The summed E-state index contributed by atoms with van der Waals surface area (Å²) in [5.74, 6) is 0.871. The maximum Gasteiger partial charge on any atom is 0.118 e. The Hall–Kier alpha value is -2.81. The van der Waals surface area contributed by atoms with E-state index in [0.29, 0.717) is 6.54 Å². The molecule has 0 aliphatic rings. The van der Waals surface area contributed by atoms with Gasteiger partial charge in [-0.2, -0.15) is 0 Å². The highest BCUT2D eigenvalue weighted by atomic mass is 16.5. The third-order valence-corrected chi connectivity index (χ3v) is 3.85. The molecule has 0 bridgehead atoms. The number of fused-ring (bicyclic) bond motifs is 1. The highest BCUT2D eigenvalue weighted by molar-refractivity contribution is 5.90. The highest BCUT2D eigenvalue weighted by Gasteiger charge is 2.01. The molecule has 0 unspecified atom stereocenters. The van der Waals surface area contributed by atoms with Crippen LogP contribution < -0.4 is 4.74 Å². The lowest BCUT2D eigenvalue weighted by Gasteiger charge is -1.99. The molecule has 0 amide bonds. The lowest BCUT2D eigenvalue weighted by molar-refractivity contribution is 0.415. The van der Waals surface area contributed by atoms with Crippen molar-refractivity contribution in [2.24, 2.45) is 12.0 Å². The van der Waals surface area contributed by atoms with Gasteiger partial charge in [0, 0.05) is 24.2 Å². The van der Waals surface area contributed by atoms with E-state index >= 15 is 0 Å². The fraction of sp³-hybridized carbons (Fsp3) is 0.150. The van der Waals surface area contributed by atoms with Crippen molar-refractivity contribution < 1.29 is 4.74 Å². The molecule has 0 aliphatic carbocycles. The first-order valence-electron chi connectivity index (χ1n) is 7.63. The summed E-state index contributed by atoms with van der Waals surface area (Å²) in [6.07, 6.45) is 6.05. The molecular weight excluding hydrogens is 284 g/mol. The Morgan fingerprint density at radius 1 is 1.09 bits per heavy atom. The van der Waals surface area contributed by atoms with E-state index in [1.807, 2.05) is 30.5 Å². The molecular formula is C20H20N2O. The van der Waals surface area contributed by atoms with Crippen LogP contribution in [0.15, 0.2) is 65.7 Å². The van der Waals surface area contributed by atoms with Crippen molar-refractivity contribution in [1.82, 2.24) is 4.57 Å². The Morgan fingerprint density at radius 3 is 2.61 bits per heavy atom. The first kappa shape index (κ1) is 15.1. The third kappa shape index (κ3) is 3.51. The van der Waals surface area contributed by atoms with E-state index in [9.17, 15) is 0 Å². The normalized spacial score (nSPS) is 11.7. The van der Waals surface area contributed by atoms with Gasteiger partial charge < -0.3 is 9.30 Å². The Bertz CT molecular complexity index is 842. The van der Waals surface area contributed by atoms with E-state index in [1.165, 1.54) is 10.9 Å². The molecule has 0 N–H and O–H groups in total. The highest BCUT2D eigenvalue weighted by Crippen LogP contribution is 2.17. The summed E-state index contributed by atoms with van der Waals surface area (Å²) < 4.78 is 7.31. The van der Waals surface area contributed by atoms with Crippen LogP contribution in [0.2, 0.25) is 0 Å². The van der Waals surface area contributed by atoms with Gasteiger partial charge in [0.15, 0.2) is 0 Å². The third-order valence-electron chi connectivity index (χ3n) is 3.85. The van der Waals surface area contributed by atoms with Crippen LogP contribution in [0.1, 0.15) is 11.3 Å². The molecule has 0 saturated carbocycles. The van der Waals surface area contributed by atoms with Crippen LogP contribution in [0, 0.1) is 0 Å². The molecule has 3 heteroatoms. The zero-order chi connectivity index (χ0) is 16.1. The fourth-order valence-corrected chi connectivity index (χ4v) is 2.55. The number of nitrogens with zero attached hydrogens (tertiary/aromatic N) is 2. The summed E-state index contributed by atoms with van der Waals surface area (Å²) in [5.41, 5.74) is 3.48. The number of hydrogen-bond donors (Lipinski definition) is 0. The Kier molecular flexibility index (Phi) is 4.57. The molecule has 3 aromatic rings. The summed E-state index contributed by atoms with van der Waals surface area (Å²) in [5, 5.41) is 1.24. The second-order valence-corrected chi connectivity index (χ2v) is 5.36. The molecule has 1 aromatic heterocycles. The van der Waals surface area contributed by atoms with Crippen LogP contribution >= 0.6 is 0 Å². The van der Waals surface area contributed by atoms with Gasteiger partial charge >= 0.3 is 0 Å². The van der Waals surface area contributed by atoms with Crippen molar-refractivity contribution in [3.63, 3.8) is 0 Å². The fourth-order valence-electron chi connectivity index (χ4n) is 2.55. The number of aryl methyl sites for hydroxylation is 1. The van der Waals surface area contributed by atoms with Crippen molar-refractivity contribution >= 4 is 23.2 Å². The number of rotatable bonds is 5. The van der Waals surface area contributed by atoms with E-state index in [1.54, 1.807) is 7.11 Å². The molecule has 0 atom stereocenters. The van der Waals surface area contributed by atoms with Gasteiger partial charge in [-0.05, 0) is 29.8 Å². The number of ether oxygens (including phenoxy) is 1. The van der Waals surface area contributed by atoms with Crippen molar-refractivity contribution in [1.29, 1.82) is 0 Å². The predicted molar refractivity (Wildman–Crippen MR) is 97.4 cm³/mol. The maximum atomic E-state index is 5.15. The molecule has 0 radical (unpaired) electrons. The largest absolute Gasteiger partial charge is 0.497 e. The van der Waals surface area contributed by atoms with Gasteiger partial charge in [0.1, 0.15) is 5.75 Å². The van der Waals surface area contributed by atoms with Crippen molar-refractivity contribution in [3.8, 4) is 5.75 Å². The average Bonchev–Trinajstić information content (AvgIpc) is 2.92. The molecule has 116 valence electrons. The molecule has 3 nitrogen and oxygen atoms in total. The van der Waals surface area contributed by atoms with E-state index in [4.69, 9.17) is 4.74 Å². The second kappa shape index (κ2) is 6.97. The Balaban J connectivity index is 1.63. The molecule has 3 rings (SSSR count). The van der Waals surface area contributed by atoms with Crippen molar-refractivity contribution in [3.05, 3.63) is 71.9 Å². The van der Waals surface area contributed by atoms with E-state index in [0.717, 1.165) is 17.0 Å². The summed E-state index contributed by atoms with van der Waals surface area (Å²) in [6.45, 7) is 0.660. The van der Waals surface area contributed by atoms with Gasteiger partial charge in [-0.15, -0.1) is 0 Å². The second-order valence-electron chi connectivity index (χ2n) is 5.36. The lowest BCUT2D eigenvalue weighted by atomic mass is 10.2. The van der Waals surface area contributed by atoms with E-state index < -0.39 is 0 Å². The predicted octanol–water partition coefficient (Wildman–Crippen LogP) is 4.32. The minimum Gasteiger partial charge on any atom is -0.497 e. The van der Waals surface area contributed by atoms with Gasteiger partial charge in [0.05, 0.1) is 19.3 Å². The number of aromatic nitrogens is 1. The molecule has 0 spiro atoms. The smallest absolute Gasteiger partial charge is 0.118 e. The van der Waals surface area contributed by atoms with Gasteiger partial charge in [-0.1, -0.05) is 42.5 Å². The van der Waals surface area contributed by atoms with E-state index in [-0.39, 0.29) is 0 Å². The van der Waals surface area contributed by atoms with Crippen LogP contribution in [0.4, 0.5) is 0 Å². The molecule has 23 heavy (non-hydrogen) atoms. The molecule has 2 aromatic carbocycles. The first-order valence-corrected chi connectivity index (χ1v) is 7.63. The zero-order valence-electron chi connectivity index (χ0n) is 13.4. The molecule has 0 fully saturated rings. The number of methoxy groups -OCH3 is 1. The number of aliphatic imine (C=N–C) groups is 1. The topological polar surface area (TPSA) is 26.5 Å². The van der Waals surface area contributed by atoms with Crippen LogP contribution in [0.5, 0.6) is 5.75 Å². The van der Waals surface area contributed by atoms with Crippen molar-refractivity contribution in [2.45, 2.75) is 0 Å². The van der Waals surface area contributed by atoms with E-state index in [2.05, 4.69) is 59.1 Å². The molecule has 1 heterocycles. The van der Waals surface area contributed by atoms with Crippen LogP contribution in [-0.2, 0) is 7.05 Å². The zero-order valence-corrected chi connectivity index (χ0v) is 13.4. The average molecular weight is 304 g/mol. The van der Waals surface area contributed by atoms with Crippen LogP contribution in [0.25, 0.3) is 17.0 Å². The minimum atomic E-state index is 0.660. The van der Waals surface area contributed by atoms with Crippen LogP contribution in [0.3, 0.4) is 0 Å². The summed E-state index contributed by atoms with van der Waals surface area (Å²) >= 11 is 0. The summed E-state index contributed by atoms with van der Waals surface area (Å²) in [7, 11) is 3.74. The minimum absolute atomic E-state index is 0.660. The maximum absolute atomic E-state index is 5.15. The van der Waals surface area contributed by atoms with Gasteiger partial charge in [-0.3, -0.25) is 4.99 Å². The SMILES string of the molecule is COc1ccc(/C=C/CN=Cc2cc3ccccc3n2C)cc1. The molecule has 0 aliphatic heterocycles. The molecule has 0 saturated heterocycles. The van der Waals surface area contributed by atoms with Gasteiger partial charge in [-0.25, -0.2) is 0 Å².